The molecular weight excluding hydrogens is 278 g/mol. The molecule has 7 heteroatoms. The van der Waals surface area contributed by atoms with Crippen molar-refractivity contribution in [1.82, 2.24) is 5.32 Å². The van der Waals surface area contributed by atoms with E-state index in [1.165, 1.54) is 0 Å². The quantitative estimate of drug-likeness (QED) is 0.715. The van der Waals surface area contributed by atoms with Crippen LogP contribution in [0.3, 0.4) is 0 Å². The highest BCUT2D eigenvalue weighted by atomic mass is 16.6. The van der Waals surface area contributed by atoms with Gasteiger partial charge in [-0.25, -0.2) is 4.79 Å². The fourth-order valence-corrected chi connectivity index (χ4v) is 3.17. The number of aliphatic hydroxyl groups excluding tert-OH is 1. The molecule has 0 bridgehead atoms. The van der Waals surface area contributed by atoms with Gasteiger partial charge in [-0.15, -0.1) is 0 Å². The van der Waals surface area contributed by atoms with Gasteiger partial charge in [0.25, 0.3) is 0 Å². The van der Waals surface area contributed by atoms with Crippen molar-refractivity contribution in [3.8, 4) is 0 Å². The van der Waals surface area contributed by atoms with Crippen molar-refractivity contribution >= 4 is 12.1 Å². The number of carboxylic acids is 1. The van der Waals surface area contributed by atoms with Gasteiger partial charge in [-0.05, 0) is 40.0 Å². The lowest BCUT2D eigenvalue weighted by Gasteiger charge is -2.52. The maximum absolute atomic E-state index is 12.1. The zero-order valence-electron chi connectivity index (χ0n) is 12.6. The molecule has 2 rings (SSSR count). The van der Waals surface area contributed by atoms with E-state index in [1.807, 2.05) is 0 Å². The Bertz CT molecular complexity index is 429. The van der Waals surface area contributed by atoms with Gasteiger partial charge in [-0.2, -0.15) is 0 Å². The maximum atomic E-state index is 12.1. The Hall–Kier alpha value is -1.34. The van der Waals surface area contributed by atoms with Crippen LogP contribution in [0.1, 0.15) is 40.0 Å². The fraction of sp³-hybridized carbons (Fsp3) is 0.857. The van der Waals surface area contributed by atoms with E-state index in [4.69, 9.17) is 9.47 Å². The number of carboxylic acid groups (broad SMARTS) is 1. The number of aliphatic carboxylic acids is 1. The topological polar surface area (TPSA) is 105 Å². The lowest BCUT2D eigenvalue weighted by atomic mass is 9.55. The molecule has 0 aromatic heterocycles. The summed E-state index contributed by atoms with van der Waals surface area (Å²) in [5.41, 5.74) is -2.89. The van der Waals surface area contributed by atoms with E-state index in [0.717, 1.165) is 0 Å². The highest BCUT2D eigenvalue weighted by Gasteiger charge is 2.65. The number of ether oxygens (including phenoxy) is 2. The summed E-state index contributed by atoms with van der Waals surface area (Å²) in [5, 5.41) is 21.9. The van der Waals surface area contributed by atoms with E-state index in [1.54, 1.807) is 20.8 Å². The normalized spacial score (nSPS) is 35.9. The van der Waals surface area contributed by atoms with E-state index in [9.17, 15) is 19.8 Å². The van der Waals surface area contributed by atoms with E-state index < -0.39 is 34.7 Å². The molecule has 7 nitrogen and oxygen atoms in total. The zero-order valence-corrected chi connectivity index (χ0v) is 12.6. The second kappa shape index (κ2) is 5.14. The van der Waals surface area contributed by atoms with Gasteiger partial charge in [0.1, 0.15) is 5.60 Å². The minimum Gasteiger partial charge on any atom is -0.481 e. The van der Waals surface area contributed by atoms with Gasteiger partial charge in [-0.1, -0.05) is 0 Å². The van der Waals surface area contributed by atoms with Crippen molar-refractivity contribution in [2.75, 3.05) is 13.2 Å². The molecule has 1 aliphatic carbocycles. The number of hydrogen-bond acceptors (Lipinski definition) is 5. The molecule has 1 unspecified atom stereocenters. The third-order valence-corrected chi connectivity index (χ3v) is 4.26. The van der Waals surface area contributed by atoms with Gasteiger partial charge >= 0.3 is 12.1 Å². The first-order valence-electron chi connectivity index (χ1n) is 7.11. The van der Waals surface area contributed by atoms with Crippen molar-refractivity contribution < 1.29 is 29.3 Å². The van der Waals surface area contributed by atoms with E-state index in [-0.39, 0.29) is 19.4 Å². The summed E-state index contributed by atoms with van der Waals surface area (Å²) in [5.74, 6) is -1.02. The van der Waals surface area contributed by atoms with Gasteiger partial charge in [0.15, 0.2) is 0 Å². The third-order valence-electron chi connectivity index (χ3n) is 4.26. The summed E-state index contributed by atoms with van der Waals surface area (Å²) in [7, 11) is 0. The minimum atomic E-state index is -1.19. The molecule has 1 amide bonds. The lowest BCUT2D eigenvalue weighted by molar-refractivity contribution is -0.175. The predicted molar refractivity (Wildman–Crippen MR) is 72.8 cm³/mol. The Balaban J connectivity index is 2.21. The Morgan fingerprint density at radius 1 is 1.33 bits per heavy atom. The minimum absolute atomic E-state index is 0.113. The number of carbonyl (C=O) groups excluding carboxylic acids is 1. The number of amides is 1. The first-order chi connectivity index (χ1) is 9.60. The van der Waals surface area contributed by atoms with E-state index in [0.29, 0.717) is 13.0 Å². The van der Waals surface area contributed by atoms with Crippen LogP contribution in [0.5, 0.6) is 0 Å². The summed E-state index contributed by atoms with van der Waals surface area (Å²) in [6.07, 6.45) is -0.692. The number of nitrogens with one attached hydrogen (secondary N) is 1. The zero-order chi connectivity index (χ0) is 15.9. The molecule has 120 valence electrons. The first kappa shape index (κ1) is 16.0. The molecule has 1 atom stereocenters. The SMILES string of the molecule is CC(C)(C)OC(=O)NC1(C2(C(=O)O)CC(O)C2)CCOC1. The molecule has 0 radical (unpaired) electrons. The average Bonchev–Trinajstić information content (AvgIpc) is 2.70. The summed E-state index contributed by atoms with van der Waals surface area (Å²) >= 11 is 0. The van der Waals surface area contributed by atoms with E-state index in [2.05, 4.69) is 5.32 Å². The number of aliphatic hydroxyl groups is 1. The smallest absolute Gasteiger partial charge is 0.408 e. The molecule has 21 heavy (non-hydrogen) atoms. The second-order valence-electron chi connectivity index (χ2n) is 6.96. The van der Waals surface area contributed by atoms with Crippen molar-refractivity contribution in [2.24, 2.45) is 5.41 Å². The lowest BCUT2D eigenvalue weighted by Crippen LogP contribution is -2.69. The summed E-state index contributed by atoms with van der Waals surface area (Å²) in [6.45, 7) is 5.71. The second-order valence-corrected chi connectivity index (χ2v) is 6.96. The van der Waals surface area contributed by atoms with Crippen LogP contribution in [-0.2, 0) is 14.3 Å². The molecule has 0 aromatic carbocycles. The molecule has 0 spiro atoms. The predicted octanol–water partition coefficient (Wildman–Crippen LogP) is 0.896. The van der Waals surface area contributed by atoms with Crippen LogP contribution < -0.4 is 5.32 Å². The largest absolute Gasteiger partial charge is 0.481 e. The molecule has 1 saturated carbocycles. The monoisotopic (exact) mass is 301 g/mol. The van der Waals surface area contributed by atoms with Crippen molar-refractivity contribution in [3.63, 3.8) is 0 Å². The molecule has 2 fully saturated rings. The molecular formula is C14H23NO6. The first-order valence-corrected chi connectivity index (χ1v) is 7.11. The standard InChI is InChI=1S/C14H23NO6/c1-12(2,3)21-11(19)15-14(4-5-20-8-14)13(10(17)18)6-9(16)7-13/h9,16H,4-8H2,1-3H3,(H,15,19)(H,17,18). The van der Waals surface area contributed by atoms with Gasteiger partial charge in [0.2, 0.25) is 0 Å². The van der Waals surface area contributed by atoms with Crippen LogP contribution in [0.25, 0.3) is 0 Å². The van der Waals surface area contributed by atoms with Crippen LogP contribution in [0.2, 0.25) is 0 Å². The number of rotatable bonds is 3. The van der Waals surface area contributed by atoms with Crippen molar-refractivity contribution in [3.05, 3.63) is 0 Å². The Morgan fingerprint density at radius 2 is 1.95 bits per heavy atom. The highest BCUT2D eigenvalue weighted by Crippen LogP contribution is 2.52. The van der Waals surface area contributed by atoms with Crippen molar-refractivity contribution in [2.45, 2.75) is 57.3 Å². The van der Waals surface area contributed by atoms with Gasteiger partial charge in [0, 0.05) is 6.61 Å². The fourth-order valence-electron chi connectivity index (χ4n) is 3.17. The van der Waals surface area contributed by atoms with Crippen LogP contribution in [0.15, 0.2) is 0 Å². The van der Waals surface area contributed by atoms with Crippen molar-refractivity contribution in [1.29, 1.82) is 0 Å². The average molecular weight is 301 g/mol. The summed E-state index contributed by atoms with van der Waals surface area (Å²) in [4.78, 5) is 23.8. The van der Waals surface area contributed by atoms with Gasteiger partial charge in [-0.3, -0.25) is 4.79 Å². The summed E-state index contributed by atoms with van der Waals surface area (Å²) < 4.78 is 10.6. The van der Waals surface area contributed by atoms with Gasteiger partial charge in [0.05, 0.1) is 23.7 Å². The van der Waals surface area contributed by atoms with Crippen LogP contribution in [-0.4, -0.2) is 52.7 Å². The van der Waals surface area contributed by atoms with Crippen LogP contribution in [0.4, 0.5) is 4.79 Å². The maximum Gasteiger partial charge on any atom is 0.408 e. The number of alkyl carbamates (subject to hydrolysis) is 1. The molecule has 3 N–H and O–H groups in total. The van der Waals surface area contributed by atoms with Crippen LogP contribution >= 0.6 is 0 Å². The highest BCUT2D eigenvalue weighted by molar-refractivity contribution is 5.80. The third kappa shape index (κ3) is 2.85. The van der Waals surface area contributed by atoms with Gasteiger partial charge < -0.3 is 25.0 Å². The molecule has 1 aliphatic heterocycles. The van der Waals surface area contributed by atoms with E-state index >= 15 is 0 Å². The number of carbonyl (C=O) groups is 2. The Labute approximate surface area is 123 Å². The Morgan fingerprint density at radius 3 is 2.33 bits per heavy atom. The number of hydrogen-bond donors (Lipinski definition) is 3. The van der Waals surface area contributed by atoms with Crippen LogP contribution in [0, 0.1) is 5.41 Å². The molecule has 1 saturated heterocycles. The molecule has 1 heterocycles. The Kier molecular flexibility index (Phi) is 3.92. The summed E-state index contributed by atoms with van der Waals surface area (Å²) in [6, 6.07) is 0. The molecule has 2 aliphatic rings. The molecule has 0 aromatic rings.